The van der Waals surface area contributed by atoms with Crippen molar-refractivity contribution in [1.82, 2.24) is 24.3 Å². The molecule has 1 saturated heterocycles. The number of rotatable bonds is 7. The minimum Gasteiger partial charge on any atom is -0.493 e. The summed E-state index contributed by atoms with van der Waals surface area (Å²) in [6.07, 6.45) is 6.43. The molecule has 3 aromatic heterocycles. The van der Waals surface area contributed by atoms with Crippen molar-refractivity contribution in [3.05, 3.63) is 42.7 Å². The van der Waals surface area contributed by atoms with Crippen molar-refractivity contribution < 1.29 is 9.47 Å². The van der Waals surface area contributed by atoms with Gasteiger partial charge in [0.25, 0.3) is 0 Å². The molecule has 1 aromatic carbocycles. The molecule has 1 aliphatic rings. The van der Waals surface area contributed by atoms with E-state index >= 15 is 0 Å². The zero-order valence-corrected chi connectivity index (χ0v) is 19.8. The summed E-state index contributed by atoms with van der Waals surface area (Å²) in [4.78, 5) is 13.0. The largest absolute Gasteiger partial charge is 0.493 e. The van der Waals surface area contributed by atoms with Crippen LogP contribution in [0.1, 0.15) is 12.8 Å². The van der Waals surface area contributed by atoms with Crippen molar-refractivity contribution in [3.8, 4) is 22.8 Å². The highest BCUT2D eigenvalue weighted by molar-refractivity contribution is 5.99. The highest BCUT2D eigenvalue weighted by Gasteiger charge is 2.17. The number of hydrogen-bond donors (Lipinski definition) is 1. The number of pyridine rings is 1. The molecule has 7 nitrogen and oxygen atoms in total. The first-order valence-corrected chi connectivity index (χ1v) is 11.8. The smallest absolute Gasteiger partial charge is 0.162 e. The van der Waals surface area contributed by atoms with Crippen LogP contribution >= 0.6 is 0 Å². The Morgan fingerprint density at radius 2 is 1.85 bits per heavy atom. The average Bonchev–Trinajstić information content (AvgIpc) is 3.35. The van der Waals surface area contributed by atoms with Gasteiger partial charge in [-0.15, -0.1) is 0 Å². The molecule has 0 radical (unpaired) electrons. The molecular weight excluding hydrogens is 414 g/mol. The quantitative estimate of drug-likeness (QED) is 0.460. The second-order valence-corrected chi connectivity index (χ2v) is 8.94. The Balaban J connectivity index is 1.47. The van der Waals surface area contributed by atoms with Crippen LogP contribution in [0.4, 0.5) is 0 Å². The van der Waals surface area contributed by atoms with Gasteiger partial charge in [-0.05, 0) is 63.8 Å². The van der Waals surface area contributed by atoms with Gasteiger partial charge in [0.05, 0.1) is 19.7 Å². The molecule has 1 fully saturated rings. The van der Waals surface area contributed by atoms with E-state index in [1.54, 1.807) is 14.2 Å². The van der Waals surface area contributed by atoms with Crippen LogP contribution in [-0.2, 0) is 6.54 Å². The summed E-state index contributed by atoms with van der Waals surface area (Å²) in [5, 5.41) is 2.26. The van der Waals surface area contributed by atoms with Gasteiger partial charge >= 0.3 is 0 Å². The second kappa shape index (κ2) is 9.45. The van der Waals surface area contributed by atoms with Crippen LogP contribution in [-0.4, -0.2) is 78.3 Å². The molecule has 33 heavy (non-hydrogen) atoms. The minimum absolute atomic E-state index is 0.743. The van der Waals surface area contributed by atoms with Gasteiger partial charge in [-0.25, -0.2) is 4.98 Å². The molecule has 0 bridgehead atoms. The maximum atomic E-state index is 5.62. The van der Waals surface area contributed by atoms with Gasteiger partial charge in [-0.2, -0.15) is 0 Å². The maximum absolute atomic E-state index is 5.62. The van der Waals surface area contributed by atoms with Crippen LogP contribution in [0, 0.1) is 0 Å². The summed E-state index contributed by atoms with van der Waals surface area (Å²) in [7, 11) is 5.60. The molecule has 4 heterocycles. The summed E-state index contributed by atoms with van der Waals surface area (Å²) in [6.45, 7) is 6.77. The fraction of sp³-hybridized carbons (Fsp3) is 0.423. The molecule has 5 rings (SSSR count). The zero-order chi connectivity index (χ0) is 22.8. The monoisotopic (exact) mass is 447 g/mol. The lowest BCUT2D eigenvalue weighted by Gasteiger charge is -2.20. The molecule has 0 amide bonds. The van der Waals surface area contributed by atoms with E-state index < -0.39 is 0 Å². The van der Waals surface area contributed by atoms with Gasteiger partial charge in [0.2, 0.25) is 0 Å². The first-order valence-electron chi connectivity index (χ1n) is 11.8. The Hall–Kier alpha value is -3.03. The fourth-order valence-electron chi connectivity index (χ4n) is 4.91. The Morgan fingerprint density at radius 3 is 2.67 bits per heavy atom. The summed E-state index contributed by atoms with van der Waals surface area (Å²) < 4.78 is 13.6. The van der Waals surface area contributed by atoms with E-state index in [1.165, 1.54) is 19.5 Å². The van der Waals surface area contributed by atoms with Crippen LogP contribution in [0.25, 0.3) is 33.2 Å². The van der Waals surface area contributed by atoms with Gasteiger partial charge in [0.1, 0.15) is 5.65 Å². The van der Waals surface area contributed by atoms with Crippen molar-refractivity contribution in [3.63, 3.8) is 0 Å². The van der Waals surface area contributed by atoms with Crippen molar-refractivity contribution in [2.24, 2.45) is 0 Å². The van der Waals surface area contributed by atoms with Gasteiger partial charge in [0.15, 0.2) is 11.5 Å². The van der Waals surface area contributed by atoms with Crippen LogP contribution in [0.5, 0.6) is 11.5 Å². The lowest BCUT2D eigenvalue weighted by molar-refractivity contribution is 0.269. The highest BCUT2D eigenvalue weighted by Crippen LogP contribution is 2.39. The molecule has 7 heteroatoms. The number of fused-ring (bicyclic) bond motifs is 2. The molecule has 4 aromatic rings. The van der Waals surface area contributed by atoms with E-state index in [-0.39, 0.29) is 0 Å². The SMILES string of the molecule is COc1cc2c(-c3cc4cccnc4[nH]3)cn(CCCN3CCCN(C)CC3)c2cc1OC. The Kier molecular flexibility index (Phi) is 6.24. The van der Waals surface area contributed by atoms with Gasteiger partial charge in [-0.1, -0.05) is 0 Å². The molecule has 0 aliphatic carbocycles. The molecule has 0 spiro atoms. The number of nitrogens with zero attached hydrogens (tertiary/aromatic N) is 4. The average molecular weight is 448 g/mol. The van der Waals surface area contributed by atoms with Crippen LogP contribution in [0.3, 0.4) is 0 Å². The number of likely N-dealkylation sites (N-methyl/N-ethyl adjacent to an activating group) is 1. The number of H-pyrrole nitrogens is 1. The van der Waals surface area contributed by atoms with E-state index in [0.717, 1.165) is 77.3 Å². The third-order valence-corrected chi connectivity index (χ3v) is 6.75. The topological polar surface area (TPSA) is 58.5 Å². The third-order valence-electron chi connectivity index (χ3n) is 6.75. The van der Waals surface area contributed by atoms with Crippen molar-refractivity contribution in [2.75, 3.05) is 54.0 Å². The summed E-state index contributed by atoms with van der Waals surface area (Å²) in [5.41, 5.74) is 4.28. The van der Waals surface area contributed by atoms with Crippen molar-refractivity contribution >= 4 is 21.9 Å². The zero-order valence-electron chi connectivity index (χ0n) is 19.8. The number of nitrogens with one attached hydrogen (secondary N) is 1. The lowest BCUT2D eigenvalue weighted by Crippen LogP contribution is -2.30. The van der Waals surface area contributed by atoms with E-state index in [9.17, 15) is 0 Å². The Morgan fingerprint density at radius 1 is 1.00 bits per heavy atom. The summed E-state index contributed by atoms with van der Waals surface area (Å²) in [5.74, 6) is 1.50. The van der Waals surface area contributed by atoms with E-state index in [0.29, 0.717) is 0 Å². The Bertz CT molecular complexity index is 1210. The number of aromatic nitrogens is 3. The highest BCUT2D eigenvalue weighted by atomic mass is 16.5. The molecule has 1 aliphatic heterocycles. The number of hydrogen-bond acceptors (Lipinski definition) is 5. The molecule has 0 atom stereocenters. The maximum Gasteiger partial charge on any atom is 0.162 e. The fourth-order valence-corrected chi connectivity index (χ4v) is 4.91. The third kappa shape index (κ3) is 4.43. The van der Waals surface area contributed by atoms with Crippen LogP contribution in [0.2, 0.25) is 0 Å². The van der Waals surface area contributed by atoms with E-state index in [2.05, 4.69) is 61.8 Å². The Labute approximate surface area is 194 Å². The van der Waals surface area contributed by atoms with Crippen LogP contribution in [0.15, 0.2) is 42.7 Å². The molecule has 1 N–H and O–H groups in total. The molecular formula is C26H33N5O2. The van der Waals surface area contributed by atoms with E-state index in [4.69, 9.17) is 9.47 Å². The predicted octanol–water partition coefficient (Wildman–Crippen LogP) is 4.23. The first kappa shape index (κ1) is 21.8. The lowest BCUT2D eigenvalue weighted by atomic mass is 10.1. The predicted molar refractivity (Wildman–Crippen MR) is 133 cm³/mol. The van der Waals surface area contributed by atoms with Crippen LogP contribution < -0.4 is 9.47 Å². The van der Waals surface area contributed by atoms with Gasteiger partial charge in [-0.3, -0.25) is 0 Å². The number of aryl methyl sites for hydroxylation is 1. The second-order valence-electron chi connectivity index (χ2n) is 8.94. The van der Waals surface area contributed by atoms with E-state index in [1.807, 2.05) is 12.3 Å². The normalized spacial score (nSPS) is 15.8. The molecule has 0 unspecified atom stereocenters. The number of aromatic amines is 1. The molecule has 0 saturated carbocycles. The standard InChI is InChI=1S/C26H33N5O2/c1-29-9-5-10-30(14-13-29)11-6-12-31-18-21(22-15-19-7-4-8-27-26(19)28-22)20-16-24(32-2)25(33-3)17-23(20)31/h4,7-8,15-18H,5-6,9-14H2,1-3H3,(H,27,28). The minimum atomic E-state index is 0.743. The van der Waals surface area contributed by atoms with Gasteiger partial charge < -0.3 is 28.8 Å². The first-order chi connectivity index (χ1) is 16.2. The van der Waals surface area contributed by atoms with Crippen molar-refractivity contribution in [2.45, 2.75) is 19.4 Å². The summed E-state index contributed by atoms with van der Waals surface area (Å²) in [6, 6.07) is 10.4. The number of ether oxygens (including phenoxy) is 2. The summed E-state index contributed by atoms with van der Waals surface area (Å²) >= 11 is 0. The van der Waals surface area contributed by atoms with Gasteiger partial charge in [0, 0.05) is 60.1 Å². The van der Waals surface area contributed by atoms with Crippen molar-refractivity contribution in [1.29, 1.82) is 0 Å². The number of methoxy groups -OCH3 is 2. The number of benzene rings is 1. The molecule has 174 valence electrons.